The van der Waals surface area contributed by atoms with Crippen LogP contribution in [0.4, 0.5) is 4.79 Å². The summed E-state index contributed by atoms with van der Waals surface area (Å²) in [5, 5.41) is 11.2. The first kappa shape index (κ1) is 19.7. The lowest BCUT2D eigenvalue weighted by Gasteiger charge is -2.31. The number of nitrogens with one attached hydrogen (secondary N) is 1. The van der Waals surface area contributed by atoms with Crippen LogP contribution in [0.2, 0.25) is 0 Å². The van der Waals surface area contributed by atoms with E-state index >= 15 is 0 Å². The molecule has 150 valence electrons. The second-order valence-electron chi connectivity index (χ2n) is 6.57. The third-order valence-electron chi connectivity index (χ3n) is 4.76. The van der Waals surface area contributed by atoms with Gasteiger partial charge in [0.2, 0.25) is 0 Å². The molecule has 3 rings (SSSR count). The second-order valence-corrected chi connectivity index (χ2v) is 6.57. The number of aromatic nitrogens is 3. The van der Waals surface area contributed by atoms with Crippen LogP contribution in [0.25, 0.3) is 5.69 Å². The average Bonchev–Trinajstić information content (AvgIpc) is 3.10. The van der Waals surface area contributed by atoms with Crippen LogP contribution < -0.4 is 10.1 Å². The number of likely N-dealkylation sites (tertiary alicyclic amines) is 1. The molecule has 0 saturated carbocycles. The molecule has 9 nitrogen and oxygen atoms in total. The van der Waals surface area contributed by atoms with Crippen LogP contribution in [-0.2, 0) is 4.74 Å². The molecular formula is C19H25N5O4. The second kappa shape index (κ2) is 8.73. The Balaban J connectivity index is 1.63. The van der Waals surface area contributed by atoms with Crippen LogP contribution in [0.15, 0.2) is 24.3 Å². The molecule has 1 aliphatic heterocycles. The van der Waals surface area contributed by atoms with Crippen LogP contribution in [0.1, 0.15) is 35.9 Å². The monoisotopic (exact) mass is 387 g/mol. The van der Waals surface area contributed by atoms with E-state index in [1.54, 1.807) is 30.5 Å². The number of amides is 2. The molecule has 0 bridgehead atoms. The van der Waals surface area contributed by atoms with E-state index in [4.69, 9.17) is 9.47 Å². The lowest BCUT2D eigenvalue weighted by molar-refractivity contribution is 0.0856. The molecular weight excluding hydrogens is 362 g/mol. The minimum absolute atomic E-state index is 0.0143. The molecule has 0 spiro atoms. The van der Waals surface area contributed by atoms with E-state index in [1.807, 2.05) is 24.3 Å². The topological polar surface area (TPSA) is 98.6 Å². The zero-order valence-electron chi connectivity index (χ0n) is 16.3. The Bertz CT molecular complexity index is 843. The molecule has 1 aliphatic rings. The van der Waals surface area contributed by atoms with E-state index < -0.39 is 0 Å². The quantitative estimate of drug-likeness (QED) is 0.842. The van der Waals surface area contributed by atoms with Crippen molar-refractivity contribution in [2.24, 2.45) is 0 Å². The van der Waals surface area contributed by atoms with Gasteiger partial charge in [-0.15, -0.1) is 5.10 Å². The zero-order valence-corrected chi connectivity index (χ0v) is 16.3. The van der Waals surface area contributed by atoms with Crippen LogP contribution in [-0.4, -0.2) is 64.7 Å². The maximum Gasteiger partial charge on any atom is 0.409 e. The molecule has 1 N–H and O–H groups in total. The fraction of sp³-hybridized carbons (Fsp3) is 0.474. The van der Waals surface area contributed by atoms with Crippen LogP contribution >= 0.6 is 0 Å². The first-order chi connectivity index (χ1) is 13.5. The van der Waals surface area contributed by atoms with Crippen LogP contribution in [0.5, 0.6) is 5.75 Å². The summed E-state index contributed by atoms with van der Waals surface area (Å²) in [6.45, 7) is 5.06. The van der Waals surface area contributed by atoms with Gasteiger partial charge in [0.15, 0.2) is 5.69 Å². The SMILES string of the molecule is CCOC(=O)N1CCC(NC(=O)c2nnn(-c3cccc(OC)c3)c2C)CC1. The van der Waals surface area contributed by atoms with Crippen molar-refractivity contribution >= 4 is 12.0 Å². The molecule has 9 heteroatoms. The fourth-order valence-corrected chi connectivity index (χ4v) is 3.20. The Kier molecular flexibility index (Phi) is 6.13. The van der Waals surface area contributed by atoms with E-state index in [0.29, 0.717) is 44.0 Å². The van der Waals surface area contributed by atoms with Gasteiger partial charge < -0.3 is 19.7 Å². The maximum absolute atomic E-state index is 12.7. The molecule has 28 heavy (non-hydrogen) atoms. The van der Waals surface area contributed by atoms with Gasteiger partial charge in [0.25, 0.3) is 5.91 Å². The molecule has 1 aromatic heterocycles. The summed E-state index contributed by atoms with van der Waals surface area (Å²) in [7, 11) is 1.60. The number of piperidine rings is 1. The summed E-state index contributed by atoms with van der Waals surface area (Å²) in [6, 6.07) is 7.38. The van der Waals surface area contributed by atoms with E-state index in [2.05, 4.69) is 15.6 Å². The minimum atomic E-state index is -0.302. The number of methoxy groups -OCH3 is 1. The first-order valence-electron chi connectivity index (χ1n) is 9.32. The summed E-state index contributed by atoms with van der Waals surface area (Å²) >= 11 is 0. The minimum Gasteiger partial charge on any atom is -0.497 e. The number of ether oxygens (including phenoxy) is 2. The Morgan fingerprint density at radius 1 is 1.29 bits per heavy atom. The summed E-state index contributed by atoms with van der Waals surface area (Å²) in [5.74, 6) is 0.438. The normalized spacial score (nSPS) is 14.6. The highest BCUT2D eigenvalue weighted by Crippen LogP contribution is 2.18. The number of hydrogen-bond acceptors (Lipinski definition) is 6. The highest BCUT2D eigenvalue weighted by atomic mass is 16.6. The smallest absolute Gasteiger partial charge is 0.409 e. The van der Waals surface area contributed by atoms with Crippen molar-refractivity contribution in [1.82, 2.24) is 25.2 Å². The van der Waals surface area contributed by atoms with Gasteiger partial charge in [0.05, 0.1) is 25.1 Å². The molecule has 2 amide bonds. The van der Waals surface area contributed by atoms with Crippen molar-refractivity contribution in [3.63, 3.8) is 0 Å². The summed E-state index contributed by atoms with van der Waals surface area (Å²) < 4.78 is 11.9. The van der Waals surface area contributed by atoms with E-state index in [0.717, 1.165) is 5.69 Å². The Morgan fingerprint density at radius 3 is 2.71 bits per heavy atom. The number of rotatable bonds is 5. The zero-order chi connectivity index (χ0) is 20.1. The molecule has 0 radical (unpaired) electrons. The summed E-state index contributed by atoms with van der Waals surface area (Å²) in [4.78, 5) is 26.1. The maximum atomic E-state index is 12.7. The average molecular weight is 387 g/mol. The van der Waals surface area contributed by atoms with Crippen molar-refractivity contribution in [3.05, 3.63) is 35.7 Å². The van der Waals surface area contributed by atoms with Gasteiger partial charge in [-0.1, -0.05) is 11.3 Å². The highest BCUT2D eigenvalue weighted by Gasteiger charge is 2.26. The first-order valence-corrected chi connectivity index (χ1v) is 9.32. The molecule has 2 aromatic rings. The van der Waals surface area contributed by atoms with Gasteiger partial charge in [0.1, 0.15) is 5.75 Å². The van der Waals surface area contributed by atoms with Crippen molar-refractivity contribution < 1.29 is 19.1 Å². The van der Waals surface area contributed by atoms with Crippen molar-refractivity contribution in [2.45, 2.75) is 32.7 Å². The molecule has 2 heterocycles. The number of benzene rings is 1. The molecule has 1 saturated heterocycles. The number of carbonyl (C=O) groups is 2. The number of nitrogens with zero attached hydrogens (tertiary/aromatic N) is 4. The summed E-state index contributed by atoms with van der Waals surface area (Å²) in [6.07, 6.45) is 1.05. The third kappa shape index (κ3) is 4.24. The summed E-state index contributed by atoms with van der Waals surface area (Å²) in [5.41, 5.74) is 1.71. The van der Waals surface area contributed by atoms with Gasteiger partial charge in [-0.25, -0.2) is 9.48 Å². The number of hydrogen-bond donors (Lipinski definition) is 1. The lowest BCUT2D eigenvalue weighted by Crippen LogP contribution is -2.46. The molecule has 0 atom stereocenters. The fourth-order valence-electron chi connectivity index (χ4n) is 3.20. The Morgan fingerprint density at radius 2 is 2.04 bits per heavy atom. The highest BCUT2D eigenvalue weighted by molar-refractivity contribution is 5.93. The molecule has 1 aromatic carbocycles. The van der Waals surface area contributed by atoms with Crippen molar-refractivity contribution in [2.75, 3.05) is 26.8 Å². The Labute approximate surface area is 163 Å². The van der Waals surface area contributed by atoms with Gasteiger partial charge in [-0.05, 0) is 38.8 Å². The standard InChI is InChI=1S/C19H25N5O4/c1-4-28-19(26)23-10-8-14(9-11-23)20-18(25)17-13(2)24(22-21-17)15-6-5-7-16(12-15)27-3/h5-7,12,14H,4,8-11H2,1-3H3,(H,20,25). The predicted molar refractivity (Wildman–Crippen MR) is 102 cm³/mol. The van der Waals surface area contributed by atoms with Crippen LogP contribution in [0.3, 0.4) is 0 Å². The van der Waals surface area contributed by atoms with Gasteiger partial charge in [-0.2, -0.15) is 0 Å². The van der Waals surface area contributed by atoms with E-state index in [9.17, 15) is 9.59 Å². The molecule has 0 unspecified atom stereocenters. The van der Waals surface area contributed by atoms with Gasteiger partial charge >= 0.3 is 6.09 Å². The van der Waals surface area contributed by atoms with E-state index in [-0.39, 0.29) is 23.7 Å². The Hall–Kier alpha value is -3.10. The van der Waals surface area contributed by atoms with Crippen molar-refractivity contribution in [1.29, 1.82) is 0 Å². The van der Waals surface area contributed by atoms with Gasteiger partial charge in [0, 0.05) is 25.2 Å². The van der Waals surface area contributed by atoms with Gasteiger partial charge in [-0.3, -0.25) is 4.79 Å². The molecule has 1 fully saturated rings. The number of carbonyl (C=O) groups excluding carboxylic acids is 2. The van der Waals surface area contributed by atoms with E-state index in [1.165, 1.54) is 0 Å². The van der Waals surface area contributed by atoms with Crippen LogP contribution in [0, 0.1) is 6.92 Å². The molecule has 0 aliphatic carbocycles. The predicted octanol–water partition coefficient (Wildman–Crippen LogP) is 1.94. The largest absolute Gasteiger partial charge is 0.497 e. The third-order valence-corrected chi connectivity index (χ3v) is 4.76. The van der Waals surface area contributed by atoms with Crippen molar-refractivity contribution in [3.8, 4) is 11.4 Å². The lowest BCUT2D eigenvalue weighted by atomic mass is 10.1.